The lowest BCUT2D eigenvalue weighted by Gasteiger charge is -2.26. The van der Waals surface area contributed by atoms with Crippen LogP contribution in [0.3, 0.4) is 0 Å². The highest BCUT2D eigenvalue weighted by Gasteiger charge is 2.68. The van der Waals surface area contributed by atoms with Gasteiger partial charge in [-0.3, -0.25) is 24.5 Å². The molecule has 2 saturated carbocycles. The molecule has 3 fully saturated rings. The molecule has 0 N–H and O–H groups in total. The summed E-state index contributed by atoms with van der Waals surface area (Å²) in [5, 5.41) is 10.8. The molecule has 6 atom stereocenters. The number of benzene rings is 2. The number of alkyl halides is 1. The summed E-state index contributed by atoms with van der Waals surface area (Å²) in [4.78, 5) is 47.8. The Hall–Kier alpha value is -3.27. The number of aryl methyl sites for hydroxylation is 1. The minimum Gasteiger partial charge on any atom is -0.461 e. The van der Waals surface area contributed by atoms with Gasteiger partial charge < -0.3 is 14.2 Å². The molecule has 2 bridgehead atoms. The predicted octanol–water partition coefficient (Wildman–Crippen LogP) is 3.99. The average molecular weight is 530 g/mol. The zero-order valence-electron chi connectivity index (χ0n) is 18.0. The number of carbonyl (C=O) groups is 3. The zero-order valence-corrected chi connectivity index (χ0v) is 19.6. The monoisotopic (exact) mass is 529 g/mol. The molecule has 1 heterocycles. The summed E-state index contributed by atoms with van der Waals surface area (Å²) < 4.78 is 16.5. The summed E-state index contributed by atoms with van der Waals surface area (Å²) in [6.45, 7) is 1.34. The van der Waals surface area contributed by atoms with Gasteiger partial charge in [-0.1, -0.05) is 15.9 Å². The first-order chi connectivity index (χ1) is 16.2. The van der Waals surface area contributed by atoms with Crippen molar-refractivity contribution in [3.8, 4) is 11.5 Å². The Balaban J connectivity index is 1.21. The molecule has 34 heavy (non-hydrogen) atoms. The van der Waals surface area contributed by atoms with Crippen LogP contribution >= 0.6 is 15.9 Å². The molecule has 0 amide bonds. The summed E-state index contributed by atoms with van der Waals surface area (Å²) in [6, 6.07) is 10.5. The predicted molar refractivity (Wildman–Crippen MR) is 121 cm³/mol. The Morgan fingerprint density at radius 3 is 2.59 bits per heavy atom. The fourth-order valence-corrected chi connectivity index (χ4v) is 6.36. The number of fused-ring (bicyclic) bond motifs is 1. The molecular formula is C24H20BrNO8. The maximum absolute atomic E-state index is 12.8. The molecule has 1 saturated heterocycles. The Morgan fingerprint density at radius 1 is 1.18 bits per heavy atom. The molecule has 0 radical (unpaired) electrons. The first kappa shape index (κ1) is 22.5. The van der Waals surface area contributed by atoms with Crippen molar-refractivity contribution in [2.24, 2.45) is 23.7 Å². The normalized spacial score (nSPS) is 28.5. The third-order valence-electron chi connectivity index (χ3n) is 6.91. The number of hydrogen-bond acceptors (Lipinski definition) is 8. The smallest absolute Gasteiger partial charge is 0.310 e. The van der Waals surface area contributed by atoms with Crippen molar-refractivity contribution in [2.75, 3.05) is 6.61 Å². The van der Waals surface area contributed by atoms with Crippen LogP contribution in [0.15, 0.2) is 42.5 Å². The minimum absolute atomic E-state index is 0.0288. The van der Waals surface area contributed by atoms with Crippen molar-refractivity contribution in [3.05, 3.63) is 63.7 Å². The lowest BCUT2D eigenvalue weighted by molar-refractivity contribution is -0.384. The third kappa shape index (κ3) is 3.75. The van der Waals surface area contributed by atoms with E-state index in [-0.39, 0.29) is 40.2 Å². The van der Waals surface area contributed by atoms with Gasteiger partial charge >= 0.3 is 11.9 Å². The number of halogens is 1. The van der Waals surface area contributed by atoms with E-state index in [0.717, 1.165) is 6.42 Å². The second-order valence-corrected chi connectivity index (χ2v) is 9.88. The Bertz CT molecular complexity index is 1200. The number of Topliss-reactive ketones (excluding diaryl/α,β-unsaturated/α-hetero) is 1. The van der Waals surface area contributed by atoms with Gasteiger partial charge in [-0.2, -0.15) is 0 Å². The number of hydrogen-bond donors (Lipinski definition) is 0. The van der Waals surface area contributed by atoms with Gasteiger partial charge in [0.25, 0.3) is 5.69 Å². The van der Waals surface area contributed by atoms with E-state index < -0.39 is 29.3 Å². The fraction of sp³-hybridized carbons (Fsp3) is 0.375. The number of nitro benzene ring substituents is 1. The molecule has 0 spiro atoms. The first-order valence-electron chi connectivity index (χ1n) is 10.8. The van der Waals surface area contributed by atoms with Crippen molar-refractivity contribution < 1.29 is 33.5 Å². The van der Waals surface area contributed by atoms with Crippen LogP contribution in [-0.4, -0.2) is 40.2 Å². The molecule has 1 aliphatic heterocycles. The van der Waals surface area contributed by atoms with E-state index in [1.54, 1.807) is 25.1 Å². The third-order valence-corrected chi connectivity index (χ3v) is 8.11. The van der Waals surface area contributed by atoms with E-state index in [1.807, 2.05) is 0 Å². The van der Waals surface area contributed by atoms with Crippen LogP contribution in [0.2, 0.25) is 0 Å². The van der Waals surface area contributed by atoms with Crippen LogP contribution < -0.4 is 4.74 Å². The van der Waals surface area contributed by atoms with Gasteiger partial charge in [0.1, 0.15) is 17.6 Å². The van der Waals surface area contributed by atoms with Crippen LogP contribution in [0.25, 0.3) is 0 Å². The van der Waals surface area contributed by atoms with Gasteiger partial charge in [0, 0.05) is 23.6 Å². The van der Waals surface area contributed by atoms with Crippen molar-refractivity contribution in [1.29, 1.82) is 0 Å². The van der Waals surface area contributed by atoms with Crippen LogP contribution in [0.1, 0.15) is 22.3 Å². The van der Waals surface area contributed by atoms with Crippen LogP contribution in [0.4, 0.5) is 5.69 Å². The summed E-state index contributed by atoms with van der Waals surface area (Å²) >= 11 is 3.56. The van der Waals surface area contributed by atoms with E-state index in [9.17, 15) is 24.5 Å². The number of ether oxygens (including phenoxy) is 3. The second kappa shape index (κ2) is 8.50. The van der Waals surface area contributed by atoms with Crippen molar-refractivity contribution >= 4 is 39.3 Å². The van der Waals surface area contributed by atoms with Gasteiger partial charge in [-0.15, -0.1) is 0 Å². The SMILES string of the molecule is Cc1cc(C(=O)COC(=O)[C@@H]2[C@H]3C[C@H]4[C@H](OC(=O)[C@@H]42)[C@@H]3Br)ccc1Oc1ccc([N+](=O)[O-])cc1. The summed E-state index contributed by atoms with van der Waals surface area (Å²) in [5.74, 6) is -1.43. The summed E-state index contributed by atoms with van der Waals surface area (Å²) in [5.41, 5.74) is 0.986. The number of ketones is 1. The lowest BCUT2D eigenvalue weighted by atomic mass is 9.80. The molecule has 0 unspecified atom stereocenters. The maximum atomic E-state index is 12.8. The summed E-state index contributed by atoms with van der Waals surface area (Å²) in [6.07, 6.45) is 0.558. The molecule has 5 rings (SSSR count). The molecular weight excluding hydrogens is 510 g/mol. The van der Waals surface area contributed by atoms with Gasteiger partial charge in [-0.05, 0) is 55.2 Å². The molecule has 10 heteroatoms. The molecule has 176 valence electrons. The van der Waals surface area contributed by atoms with E-state index >= 15 is 0 Å². The van der Waals surface area contributed by atoms with E-state index in [1.165, 1.54) is 24.3 Å². The standard InChI is InChI=1S/C24H20BrNO8/c1-11-8-12(2-7-18(11)33-14-5-3-13(4-6-14)26(30)31)17(27)10-32-23(28)19-15-9-16-20(19)24(29)34-22(16)21(15)25/h2-8,15-16,19-22H,9-10H2,1H3/t15-,16-,19-,20+,21-,22+/m1/s1. The highest BCUT2D eigenvalue weighted by Crippen LogP contribution is 2.60. The number of non-ortho nitro benzene ring substituents is 1. The first-order valence-corrected chi connectivity index (χ1v) is 11.7. The largest absolute Gasteiger partial charge is 0.461 e. The van der Waals surface area contributed by atoms with Gasteiger partial charge in [0.15, 0.2) is 12.4 Å². The van der Waals surface area contributed by atoms with Gasteiger partial charge in [-0.25, -0.2) is 0 Å². The van der Waals surface area contributed by atoms with Crippen molar-refractivity contribution in [3.63, 3.8) is 0 Å². The average Bonchev–Trinajstić information content (AvgIpc) is 3.43. The van der Waals surface area contributed by atoms with Gasteiger partial charge in [0.05, 0.1) is 21.6 Å². The van der Waals surface area contributed by atoms with Crippen molar-refractivity contribution in [2.45, 2.75) is 24.3 Å². The van der Waals surface area contributed by atoms with Crippen LogP contribution in [-0.2, 0) is 19.1 Å². The van der Waals surface area contributed by atoms with Crippen molar-refractivity contribution in [1.82, 2.24) is 0 Å². The van der Waals surface area contributed by atoms with Crippen LogP contribution in [0.5, 0.6) is 11.5 Å². The highest BCUT2D eigenvalue weighted by molar-refractivity contribution is 9.09. The number of esters is 2. The van der Waals surface area contributed by atoms with Crippen LogP contribution in [0, 0.1) is 40.7 Å². The van der Waals surface area contributed by atoms with E-state index in [4.69, 9.17) is 14.2 Å². The molecule has 2 aromatic rings. The Morgan fingerprint density at radius 2 is 1.91 bits per heavy atom. The summed E-state index contributed by atoms with van der Waals surface area (Å²) in [7, 11) is 0. The Kier molecular flexibility index (Phi) is 5.63. The lowest BCUT2D eigenvalue weighted by Crippen LogP contribution is -2.39. The molecule has 2 aliphatic carbocycles. The quantitative estimate of drug-likeness (QED) is 0.173. The number of rotatable bonds is 7. The minimum atomic E-state index is -0.590. The maximum Gasteiger partial charge on any atom is 0.310 e. The molecule has 3 aliphatic rings. The second-order valence-electron chi connectivity index (χ2n) is 8.83. The molecule has 0 aromatic heterocycles. The number of nitrogens with zero attached hydrogens (tertiary/aromatic N) is 1. The van der Waals surface area contributed by atoms with E-state index in [2.05, 4.69) is 15.9 Å². The molecule has 9 nitrogen and oxygen atoms in total. The van der Waals surface area contributed by atoms with E-state index in [0.29, 0.717) is 22.6 Å². The number of nitro groups is 1. The van der Waals surface area contributed by atoms with Gasteiger partial charge in [0.2, 0.25) is 0 Å². The zero-order chi connectivity index (χ0) is 24.1. The molecule has 2 aromatic carbocycles. The fourth-order valence-electron chi connectivity index (χ4n) is 5.31. The highest BCUT2D eigenvalue weighted by atomic mass is 79.9. The topological polar surface area (TPSA) is 122 Å². The number of carbonyl (C=O) groups excluding carboxylic acids is 3. The Labute approximate surface area is 202 Å².